The third-order valence-electron chi connectivity index (χ3n) is 2.83. The Bertz CT molecular complexity index is 551. The van der Waals surface area contributed by atoms with Crippen molar-refractivity contribution in [3.8, 4) is 0 Å². The summed E-state index contributed by atoms with van der Waals surface area (Å²) in [6, 6.07) is 8.53. The molecule has 3 nitrogen and oxygen atoms in total. The molecule has 2 N–H and O–H groups in total. The van der Waals surface area contributed by atoms with Gasteiger partial charge in [0.15, 0.2) is 0 Å². The van der Waals surface area contributed by atoms with Gasteiger partial charge in [0, 0.05) is 18.0 Å². The molecule has 0 aliphatic rings. The van der Waals surface area contributed by atoms with Gasteiger partial charge in [-0.2, -0.15) is 0 Å². The minimum absolute atomic E-state index is 0.106. The number of aliphatic hydroxyl groups is 1. The second-order valence-corrected chi connectivity index (χ2v) is 6.07. The van der Waals surface area contributed by atoms with Gasteiger partial charge in [0.05, 0.1) is 24.3 Å². The molecule has 0 spiro atoms. The number of nitrogens with one attached hydrogen (secondary N) is 1. The Morgan fingerprint density at radius 1 is 1.38 bits per heavy atom. The molecule has 21 heavy (non-hydrogen) atoms. The Hall–Kier alpha value is -0.980. The summed E-state index contributed by atoms with van der Waals surface area (Å²) in [5.41, 5.74) is 0.869. The van der Waals surface area contributed by atoms with Crippen LogP contribution in [0, 0.1) is 5.82 Å². The number of aliphatic hydroxyl groups excluding tert-OH is 1. The molecule has 2 rings (SSSR count). The standard InChI is InChI=1S/C15H17ClFNO2S/c16-14-6-11(3-4-15(14)17)7-18-8-12(19)9-20-10-13-2-1-5-21-13/h1-6,12,18-19H,7-10H2. The second kappa shape index (κ2) is 8.46. The van der Waals surface area contributed by atoms with Gasteiger partial charge in [-0.05, 0) is 29.1 Å². The molecule has 1 atom stereocenters. The minimum atomic E-state index is -0.583. The van der Waals surface area contributed by atoms with Gasteiger partial charge in [-0.15, -0.1) is 11.3 Å². The van der Waals surface area contributed by atoms with Gasteiger partial charge in [-0.25, -0.2) is 4.39 Å². The Labute approximate surface area is 132 Å². The number of thiophene rings is 1. The first-order valence-electron chi connectivity index (χ1n) is 6.58. The van der Waals surface area contributed by atoms with E-state index in [-0.39, 0.29) is 11.6 Å². The molecule has 1 unspecified atom stereocenters. The van der Waals surface area contributed by atoms with Crippen molar-refractivity contribution >= 4 is 22.9 Å². The predicted octanol–water partition coefficient (Wildman–Crippen LogP) is 3.21. The molecule has 0 aliphatic heterocycles. The number of hydrogen-bond donors (Lipinski definition) is 2. The molecule has 0 fully saturated rings. The normalized spacial score (nSPS) is 12.5. The smallest absolute Gasteiger partial charge is 0.141 e. The summed E-state index contributed by atoms with van der Waals surface area (Å²) in [4.78, 5) is 1.14. The van der Waals surface area contributed by atoms with E-state index in [1.807, 2.05) is 17.5 Å². The van der Waals surface area contributed by atoms with Gasteiger partial charge in [0.1, 0.15) is 5.82 Å². The van der Waals surface area contributed by atoms with E-state index in [1.165, 1.54) is 6.07 Å². The number of ether oxygens (including phenoxy) is 1. The van der Waals surface area contributed by atoms with Gasteiger partial charge in [0.2, 0.25) is 0 Å². The van der Waals surface area contributed by atoms with Crippen molar-refractivity contribution in [1.29, 1.82) is 0 Å². The maximum absolute atomic E-state index is 13.0. The van der Waals surface area contributed by atoms with E-state index < -0.39 is 11.9 Å². The van der Waals surface area contributed by atoms with E-state index in [2.05, 4.69) is 5.32 Å². The number of rotatable bonds is 8. The predicted molar refractivity (Wildman–Crippen MR) is 83.1 cm³/mol. The molecule has 1 aromatic carbocycles. The lowest BCUT2D eigenvalue weighted by Crippen LogP contribution is -2.30. The van der Waals surface area contributed by atoms with Crippen molar-refractivity contribution in [1.82, 2.24) is 5.32 Å². The first kappa shape index (κ1) is 16.4. The summed E-state index contributed by atoms with van der Waals surface area (Å²) in [6.07, 6.45) is -0.583. The van der Waals surface area contributed by atoms with Gasteiger partial charge in [-0.1, -0.05) is 23.7 Å². The van der Waals surface area contributed by atoms with Crippen molar-refractivity contribution in [3.63, 3.8) is 0 Å². The Kier molecular flexibility index (Phi) is 6.60. The quantitative estimate of drug-likeness (QED) is 0.781. The van der Waals surface area contributed by atoms with Crippen LogP contribution in [0.25, 0.3) is 0 Å². The average Bonchev–Trinajstić information content (AvgIpc) is 2.96. The minimum Gasteiger partial charge on any atom is -0.389 e. The Morgan fingerprint density at radius 2 is 2.24 bits per heavy atom. The molecule has 114 valence electrons. The summed E-state index contributed by atoms with van der Waals surface area (Å²) in [5.74, 6) is -0.428. The summed E-state index contributed by atoms with van der Waals surface area (Å²) < 4.78 is 18.4. The van der Waals surface area contributed by atoms with Crippen LogP contribution in [0.4, 0.5) is 4.39 Å². The Balaban J connectivity index is 1.62. The van der Waals surface area contributed by atoms with Gasteiger partial charge >= 0.3 is 0 Å². The van der Waals surface area contributed by atoms with Crippen molar-refractivity contribution in [2.45, 2.75) is 19.3 Å². The van der Waals surface area contributed by atoms with E-state index in [9.17, 15) is 9.50 Å². The van der Waals surface area contributed by atoms with E-state index >= 15 is 0 Å². The molecule has 1 heterocycles. The third-order valence-corrected chi connectivity index (χ3v) is 3.97. The fraction of sp³-hybridized carbons (Fsp3) is 0.333. The molecule has 0 bridgehead atoms. The number of hydrogen-bond acceptors (Lipinski definition) is 4. The van der Waals surface area contributed by atoms with Crippen molar-refractivity contribution in [2.24, 2.45) is 0 Å². The summed E-state index contributed by atoms with van der Waals surface area (Å²) in [7, 11) is 0. The molecule has 0 aliphatic carbocycles. The highest BCUT2D eigenvalue weighted by molar-refractivity contribution is 7.09. The highest BCUT2D eigenvalue weighted by atomic mass is 35.5. The van der Waals surface area contributed by atoms with Crippen LogP contribution in [0.3, 0.4) is 0 Å². The average molecular weight is 330 g/mol. The first-order valence-corrected chi connectivity index (χ1v) is 7.84. The molecule has 0 saturated heterocycles. The molecule has 0 amide bonds. The first-order chi connectivity index (χ1) is 10.1. The number of halogens is 2. The van der Waals surface area contributed by atoms with Crippen LogP contribution in [0.1, 0.15) is 10.4 Å². The van der Waals surface area contributed by atoms with Crippen molar-refractivity contribution in [3.05, 3.63) is 57.0 Å². The highest BCUT2D eigenvalue weighted by Crippen LogP contribution is 2.15. The lowest BCUT2D eigenvalue weighted by Gasteiger charge is -2.12. The van der Waals surface area contributed by atoms with E-state index in [0.29, 0.717) is 19.7 Å². The van der Waals surface area contributed by atoms with E-state index in [4.69, 9.17) is 16.3 Å². The van der Waals surface area contributed by atoms with E-state index in [1.54, 1.807) is 23.5 Å². The van der Waals surface area contributed by atoms with Crippen LogP contribution < -0.4 is 5.32 Å². The number of benzene rings is 1. The lowest BCUT2D eigenvalue weighted by atomic mass is 10.2. The highest BCUT2D eigenvalue weighted by Gasteiger charge is 2.05. The SMILES string of the molecule is OC(CNCc1ccc(F)c(Cl)c1)COCc1cccs1. The van der Waals surface area contributed by atoms with Crippen molar-refractivity contribution < 1.29 is 14.2 Å². The molecule has 0 saturated carbocycles. The van der Waals surface area contributed by atoms with Crippen LogP contribution in [0.2, 0.25) is 5.02 Å². The summed E-state index contributed by atoms with van der Waals surface area (Å²) in [6.45, 7) is 1.71. The fourth-order valence-electron chi connectivity index (χ4n) is 1.78. The zero-order chi connectivity index (χ0) is 15.1. The van der Waals surface area contributed by atoms with Crippen molar-refractivity contribution in [2.75, 3.05) is 13.2 Å². The molecule has 0 radical (unpaired) electrons. The lowest BCUT2D eigenvalue weighted by molar-refractivity contribution is 0.0297. The Morgan fingerprint density at radius 3 is 2.95 bits per heavy atom. The van der Waals surface area contributed by atoms with Crippen LogP contribution >= 0.6 is 22.9 Å². The molecular weight excluding hydrogens is 313 g/mol. The van der Waals surface area contributed by atoms with E-state index in [0.717, 1.165) is 10.4 Å². The zero-order valence-corrected chi connectivity index (χ0v) is 13.0. The topological polar surface area (TPSA) is 41.5 Å². The zero-order valence-electron chi connectivity index (χ0n) is 11.4. The summed E-state index contributed by atoms with van der Waals surface area (Å²) in [5, 5.41) is 15.0. The maximum atomic E-state index is 13.0. The second-order valence-electron chi connectivity index (χ2n) is 4.63. The maximum Gasteiger partial charge on any atom is 0.141 e. The largest absolute Gasteiger partial charge is 0.389 e. The fourth-order valence-corrected chi connectivity index (χ4v) is 2.63. The van der Waals surface area contributed by atoms with Crippen LogP contribution in [-0.4, -0.2) is 24.4 Å². The molecule has 6 heteroatoms. The van der Waals surface area contributed by atoms with Crippen LogP contribution in [-0.2, 0) is 17.9 Å². The monoisotopic (exact) mass is 329 g/mol. The molecular formula is C15H17ClFNO2S. The summed E-state index contributed by atoms with van der Waals surface area (Å²) >= 11 is 7.33. The van der Waals surface area contributed by atoms with Crippen LogP contribution in [0.5, 0.6) is 0 Å². The van der Waals surface area contributed by atoms with Gasteiger partial charge < -0.3 is 15.2 Å². The third kappa shape index (κ3) is 5.73. The molecule has 1 aromatic heterocycles. The van der Waals surface area contributed by atoms with Gasteiger partial charge in [0.25, 0.3) is 0 Å². The van der Waals surface area contributed by atoms with Crippen LogP contribution in [0.15, 0.2) is 35.7 Å². The van der Waals surface area contributed by atoms with Gasteiger partial charge in [-0.3, -0.25) is 0 Å². The molecule has 2 aromatic rings.